The molecule has 0 saturated carbocycles. The van der Waals surface area contributed by atoms with Crippen LogP contribution < -0.4 is 9.04 Å². The molecular formula is C24H19NO7S. The van der Waals surface area contributed by atoms with Crippen LogP contribution in [0, 0.1) is 6.92 Å². The molecule has 0 bridgehead atoms. The van der Waals surface area contributed by atoms with Crippen LogP contribution >= 0.6 is 0 Å². The van der Waals surface area contributed by atoms with E-state index in [1.807, 2.05) is 0 Å². The van der Waals surface area contributed by atoms with Crippen molar-refractivity contribution in [3.63, 3.8) is 0 Å². The predicted molar refractivity (Wildman–Crippen MR) is 121 cm³/mol. The number of carbonyl (C=O) groups excluding carboxylic acids is 2. The Bertz CT molecular complexity index is 1430. The second kappa shape index (κ2) is 8.79. The van der Waals surface area contributed by atoms with E-state index in [0.717, 1.165) is 0 Å². The van der Waals surface area contributed by atoms with E-state index in [0.29, 0.717) is 21.0 Å². The maximum absolute atomic E-state index is 13.5. The number of para-hydroxylation sites is 1. The van der Waals surface area contributed by atoms with Gasteiger partial charge >= 0.3 is 12.1 Å². The van der Waals surface area contributed by atoms with E-state index < -0.39 is 22.1 Å². The number of hydrogen-bond acceptors (Lipinski definition) is 7. The summed E-state index contributed by atoms with van der Waals surface area (Å²) >= 11 is 0. The fraction of sp³-hybridized carbons (Fsp3) is 0.0833. The van der Waals surface area contributed by atoms with Crippen LogP contribution in [0.2, 0.25) is 0 Å². The molecular weight excluding hydrogens is 446 g/mol. The van der Waals surface area contributed by atoms with Crippen LogP contribution in [0.3, 0.4) is 0 Å². The van der Waals surface area contributed by atoms with E-state index in [1.54, 1.807) is 43.3 Å². The van der Waals surface area contributed by atoms with Crippen LogP contribution in [-0.4, -0.2) is 27.6 Å². The van der Waals surface area contributed by atoms with E-state index in [9.17, 15) is 18.0 Å². The first-order valence-corrected chi connectivity index (χ1v) is 11.3. The fourth-order valence-corrected chi connectivity index (χ4v) is 4.70. The first kappa shape index (κ1) is 22.1. The minimum absolute atomic E-state index is 0.0294. The average Bonchev–Trinajstić information content (AvgIpc) is 3.15. The Kier molecular flexibility index (Phi) is 5.89. The lowest BCUT2D eigenvalue weighted by molar-refractivity contribution is 0.0600. The minimum Gasteiger partial charge on any atom is -0.465 e. The van der Waals surface area contributed by atoms with Crippen LogP contribution in [-0.2, 0) is 14.8 Å². The number of ether oxygens (including phenoxy) is 2. The normalized spacial score (nSPS) is 11.2. The van der Waals surface area contributed by atoms with Crippen molar-refractivity contribution >= 4 is 38.7 Å². The number of furan rings is 1. The second-order valence-corrected chi connectivity index (χ2v) is 8.76. The monoisotopic (exact) mass is 465 g/mol. The summed E-state index contributed by atoms with van der Waals surface area (Å²) in [5, 5.41) is 0.303. The van der Waals surface area contributed by atoms with E-state index in [1.165, 1.54) is 49.6 Å². The Labute approximate surface area is 190 Å². The lowest BCUT2D eigenvalue weighted by atomic mass is 10.1. The molecule has 0 atom stereocenters. The van der Waals surface area contributed by atoms with Gasteiger partial charge in [-0.1, -0.05) is 36.4 Å². The van der Waals surface area contributed by atoms with Crippen molar-refractivity contribution in [3.05, 3.63) is 90.2 Å². The quantitative estimate of drug-likeness (QED) is 0.385. The number of esters is 1. The fourth-order valence-electron chi connectivity index (χ4n) is 3.36. The lowest BCUT2D eigenvalue weighted by Gasteiger charge is -2.22. The highest BCUT2D eigenvalue weighted by molar-refractivity contribution is 7.93. The highest BCUT2D eigenvalue weighted by Crippen LogP contribution is 2.33. The molecule has 1 amide bonds. The molecule has 9 heteroatoms. The number of rotatable bonds is 5. The molecule has 0 N–H and O–H groups in total. The SMILES string of the molecule is COC(=O)c1c(C)oc2ccc(N(C(=O)Oc3ccccc3)S(=O)(=O)c3ccccc3)cc12. The highest BCUT2D eigenvalue weighted by Gasteiger charge is 2.33. The summed E-state index contributed by atoms with van der Waals surface area (Å²) < 4.78 is 43.3. The standard InChI is InChI=1S/C24H19NO7S/c1-16-22(23(26)30-2)20-15-17(13-14-21(20)31-16)25(24(27)32-18-9-5-3-6-10-18)33(28,29)19-11-7-4-8-12-19/h3-15H,1-2H3. The van der Waals surface area contributed by atoms with Gasteiger partial charge in [0, 0.05) is 5.39 Å². The minimum atomic E-state index is -4.36. The Morgan fingerprint density at radius 3 is 2.18 bits per heavy atom. The van der Waals surface area contributed by atoms with Crippen molar-refractivity contribution < 1.29 is 31.9 Å². The number of anilines is 1. The molecule has 0 unspecified atom stereocenters. The summed E-state index contributed by atoms with van der Waals surface area (Å²) in [5.41, 5.74) is 0.450. The molecule has 168 valence electrons. The summed E-state index contributed by atoms with van der Waals surface area (Å²) in [7, 11) is -3.13. The number of benzene rings is 3. The number of sulfonamides is 1. The molecule has 3 aromatic carbocycles. The van der Waals surface area contributed by atoms with E-state index in [2.05, 4.69) is 0 Å². The molecule has 0 aliphatic heterocycles. The van der Waals surface area contributed by atoms with Crippen LogP contribution in [0.15, 0.2) is 88.2 Å². The first-order chi connectivity index (χ1) is 15.8. The van der Waals surface area contributed by atoms with Crippen molar-refractivity contribution in [2.45, 2.75) is 11.8 Å². The summed E-state index contributed by atoms with van der Waals surface area (Å²) in [6, 6.07) is 19.9. The van der Waals surface area contributed by atoms with Gasteiger partial charge in [0.2, 0.25) is 0 Å². The Morgan fingerprint density at radius 2 is 1.55 bits per heavy atom. The van der Waals surface area contributed by atoms with E-state index in [-0.39, 0.29) is 21.9 Å². The number of aryl methyl sites for hydroxylation is 1. The Hall–Kier alpha value is -4.11. The molecule has 4 aromatic rings. The zero-order valence-corrected chi connectivity index (χ0v) is 18.5. The van der Waals surface area contributed by atoms with Gasteiger partial charge in [-0.15, -0.1) is 0 Å². The van der Waals surface area contributed by atoms with Gasteiger partial charge in [-0.25, -0.2) is 18.0 Å². The summed E-state index contributed by atoms with van der Waals surface area (Å²) in [5.74, 6) is -0.169. The number of amides is 1. The highest BCUT2D eigenvalue weighted by atomic mass is 32.2. The molecule has 0 saturated heterocycles. The second-order valence-electron chi connectivity index (χ2n) is 6.97. The number of nitrogens with zero attached hydrogens (tertiary/aromatic N) is 1. The summed E-state index contributed by atoms with van der Waals surface area (Å²) in [4.78, 5) is 25.3. The molecule has 0 aliphatic carbocycles. The zero-order chi connectivity index (χ0) is 23.6. The third kappa shape index (κ3) is 4.18. The van der Waals surface area contributed by atoms with Crippen LogP contribution in [0.1, 0.15) is 16.1 Å². The van der Waals surface area contributed by atoms with Crippen LogP contribution in [0.4, 0.5) is 10.5 Å². The van der Waals surface area contributed by atoms with Gasteiger partial charge in [0.25, 0.3) is 10.0 Å². The maximum Gasteiger partial charge on any atom is 0.434 e. The summed E-state index contributed by atoms with van der Waals surface area (Å²) in [6.07, 6.45) is -1.13. The van der Waals surface area contributed by atoms with Gasteiger partial charge in [0.05, 0.1) is 17.7 Å². The third-order valence-electron chi connectivity index (χ3n) is 4.87. The molecule has 0 fully saturated rings. The van der Waals surface area contributed by atoms with Gasteiger partial charge < -0.3 is 13.9 Å². The van der Waals surface area contributed by atoms with Gasteiger partial charge in [-0.05, 0) is 49.4 Å². The number of fused-ring (bicyclic) bond motifs is 1. The van der Waals surface area contributed by atoms with Crippen LogP contribution in [0.5, 0.6) is 5.75 Å². The van der Waals surface area contributed by atoms with Gasteiger partial charge in [-0.2, -0.15) is 4.31 Å². The smallest absolute Gasteiger partial charge is 0.434 e. The van der Waals surface area contributed by atoms with E-state index in [4.69, 9.17) is 13.9 Å². The van der Waals surface area contributed by atoms with Crippen molar-refractivity contribution in [2.24, 2.45) is 0 Å². The summed E-state index contributed by atoms with van der Waals surface area (Å²) in [6.45, 7) is 1.59. The lowest BCUT2D eigenvalue weighted by Crippen LogP contribution is -2.39. The Morgan fingerprint density at radius 1 is 0.909 bits per heavy atom. The molecule has 4 rings (SSSR count). The van der Waals surface area contributed by atoms with Crippen molar-refractivity contribution in [3.8, 4) is 5.75 Å². The molecule has 1 aromatic heterocycles. The van der Waals surface area contributed by atoms with E-state index >= 15 is 0 Å². The molecule has 1 heterocycles. The van der Waals surface area contributed by atoms with Gasteiger partial charge in [0.1, 0.15) is 22.7 Å². The predicted octanol–water partition coefficient (Wildman–Crippen LogP) is 4.92. The molecule has 8 nitrogen and oxygen atoms in total. The van der Waals surface area contributed by atoms with Crippen molar-refractivity contribution in [2.75, 3.05) is 11.4 Å². The molecule has 0 aliphatic rings. The number of methoxy groups -OCH3 is 1. The molecule has 0 radical (unpaired) electrons. The largest absolute Gasteiger partial charge is 0.465 e. The molecule has 0 spiro atoms. The third-order valence-corrected chi connectivity index (χ3v) is 6.58. The van der Waals surface area contributed by atoms with Gasteiger partial charge in [0.15, 0.2) is 0 Å². The van der Waals surface area contributed by atoms with Crippen molar-refractivity contribution in [1.82, 2.24) is 0 Å². The zero-order valence-electron chi connectivity index (χ0n) is 17.7. The molecule has 33 heavy (non-hydrogen) atoms. The number of carbonyl (C=O) groups is 2. The topological polar surface area (TPSA) is 103 Å². The number of hydrogen-bond donors (Lipinski definition) is 0. The van der Waals surface area contributed by atoms with Crippen molar-refractivity contribution in [1.29, 1.82) is 0 Å². The maximum atomic E-state index is 13.5. The Balaban J connectivity index is 1.88. The van der Waals surface area contributed by atoms with Crippen LogP contribution in [0.25, 0.3) is 11.0 Å². The van der Waals surface area contributed by atoms with Gasteiger partial charge in [-0.3, -0.25) is 0 Å². The first-order valence-electron chi connectivity index (χ1n) is 9.81. The average molecular weight is 465 g/mol.